The first-order valence-corrected chi connectivity index (χ1v) is 8.12. The van der Waals surface area contributed by atoms with Gasteiger partial charge >= 0.3 is 5.97 Å². The zero-order valence-electron chi connectivity index (χ0n) is 13.7. The molecule has 8 heteroatoms. The summed E-state index contributed by atoms with van der Waals surface area (Å²) in [6.45, 7) is 1.72. The first-order valence-electron chi connectivity index (χ1n) is 8.12. The normalized spacial score (nSPS) is 14.2. The van der Waals surface area contributed by atoms with Crippen molar-refractivity contribution in [1.82, 2.24) is 9.55 Å². The van der Waals surface area contributed by atoms with Gasteiger partial charge in [-0.05, 0) is 31.9 Å². The number of hydrogen-bond acceptors (Lipinski definition) is 4. The molecule has 4 rings (SSSR count). The van der Waals surface area contributed by atoms with Gasteiger partial charge in [0.15, 0.2) is 17.5 Å². The molecule has 3 aromatic rings. The van der Waals surface area contributed by atoms with E-state index < -0.39 is 28.8 Å². The van der Waals surface area contributed by atoms with E-state index in [1.807, 2.05) is 0 Å². The molecule has 2 aromatic heterocycles. The van der Waals surface area contributed by atoms with Crippen LogP contribution in [0, 0.1) is 17.5 Å². The Balaban J connectivity index is 2.10. The SMILES string of the molecule is CCOC(=O)c1cn(C2CC2)c2nc3c(F)c(F)c(F)cc3cc2c1=O. The lowest BCUT2D eigenvalue weighted by molar-refractivity contribution is 0.0524. The number of aromatic nitrogens is 2. The summed E-state index contributed by atoms with van der Waals surface area (Å²) < 4.78 is 47.7. The highest BCUT2D eigenvalue weighted by molar-refractivity contribution is 5.97. The number of rotatable bonds is 3. The number of halogens is 3. The standard InChI is InChI=1S/C18H13F3N2O3/c1-2-26-18(25)11-7-23(9-3-4-9)17-10(16(11)24)5-8-6-12(19)13(20)14(21)15(8)22-17/h5-7,9H,2-4H2,1H3. The van der Waals surface area contributed by atoms with Gasteiger partial charge in [-0.3, -0.25) is 4.79 Å². The molecular formula is C18H13F3N2O3. The average molecular weight is 362 g/mol. The Morgan fingerprint density at radius 2 is 2.00 bits per heavy atom. The van der Waals surface area contributed by atoms with Gasteiger partial charge in [-0.15, -0.1) is 0 Å². The Labute approximate surface area is 145 Å². The van der Waals surface area contributed by atoms with E-state index in [0.717, 1.165) is 18.9 Å². The first kappa shape index (κ1) is 16.6. The number of hydrogen-bond donors (Lipinski definition) is 0. The van der Waals surface area contributed by atoms with Crippen molar-refractivity contribution < 1.29 is 22.7 Å². The van der Waals surface area contributed by atoms with Crippen LogP contribution in [0.15, 0.2) is 23.1 Å². The van der Waals surface area contributed by atoms with E-state index in [-0.39, 0.29) is 40.1 Å². The quantitative estimate of drug-likeness (QED) is 0.407. The molecular weight excluding hydrogens is 349 g/mol. The van der Waals surface area contributed by atoms with E-state index in [9.17, 15) is 22.8 Å². The molecule has 1 aromatic carbocycles. The van der Waals surface area contributed by atoms with Crippen LogP contribution in [0.4, 0.5) is 13.2 Å². The van der Waals surface area contributed by atoms with E-state index in [1.165, 1.54) is 12.3 Å². The second kappa shape index (κ2) is 5.82. The first-order chi connectivity index (χ1) is 12.4. The topological polar surface area (TPSA) is 61.2 Å². The molecule has 0 saturated heterocycles. The molecule has 5 nitrogen and oxygen atoms in total. The van der Waals surface area contributed by atoms with Crippen LogP contribution in [0.5, 0.6) is 0 Å². The molecule has 26 heavy (non-hydrogen) atoms. The molecule has 0 spiro atoms. The molecule has 1 aliphatic rings. The predicted molar refractivity (Wildman–Crippen MR) is 87.6 cm³/mol. The fourth-order valence-electron chi connectivity index (χ4n) is 2.97. The molecule has 134 valence electrons. The third-order valence-corrected chi connectivity index (χ3v) is 4.36. The van der Waals surface area contributed by atoms with Gasteiger partial charge in [0, 0.05) is 17.6 Å². The molecule has 1 saturated carbocycles. The number of benzene rings is 1. The van der Waals surface area contributed by atoms with E-state index in [4.69, 9.17) is 4.74 Å². The van der Waals surface area contributed by atoms with Crippen LogP contribution in [0.2, 0.25) is 0 Å². The highest BCUT2D eigenvalue weighted by atomic mass is 19.2. The van der Waals surface area contributed by atoms with Crippen molar-refractivity contribution in [3.05, 3.63) is 51.6 Å². The molecule has 0 aliphatic heterocycles. The number of carbonyl (C=O) groups excluding carboxylic acids is 1. The minimum Gasteiger partial charge on any atom is -0.462 e. The number of fused-ring (bicyclic) bond motifs is 2. The van der Waals surface area contributed by atoms with Crippen LogP contribution in [-0.2, 0) is 4.74 Å². The molecule has 0 bridgehead atoms. The number of pyridine rings is 2. The molecule has 0 unspecified atom stereocenters. The van der Waals surface area contributed by atoms with E-state index in [1.54, 1.807) is 11.5 Å². The lowest BCUT2D eigenvalue weighted by Gasteiger charge is -2.13. The Morgan fingerprint density at radius 3 is 2.65 bits per heavy atom. The van der Waals surface area contributed by atoms with E-state index in [0.29, 0.717) is 0 Å². The summed E-state index contributed by atoms with van der Waals surface area (Å²) in [6.07, 6.45) is 2.96. The fourth-order valence-corrected chi connectivity index (χ4v) is 2.97. The Bertz CT molecular complexity index is 1140. The van der Waals surface area contributed by atoms with Gasteiger partial charge in [0.2, 0.25) is 5.43 Å². The monoisotopic (exact) mass is 362 g/mol. The van der Waals surface area contributed by atoms with E-state index >= 15 is 0 Å². The molecule has 0 amide bonds. The van der Waals surface area contributed by atoms with Crippen LogP contribution in [-0.4, -0.2) is 22.1 Å². The maximum absolute atomic E-state index is 14.1. The second-order valence-corrected chi connectivity index (χ2v) is 6.15. The number of ether oxygens (including phenoxy) is 1. The lowest BCUT2D eigenvalue weighted by Crippen LogP contribution is -2.21. The van der Waals surface area contributed by atoms with Crippen LogP contribution in [0.1, 0.15) is 36.2 Å². The number of esters is 1. The zero-order chi connectivity index (χ0) is 18.6. The largest absolute Gasteiger partial charge is 0.462 e. The van der Waals surface area contributed by atoms with Crippen LogP contribution in [0.3, 0.4) is 0 Å². The van der Waals surface area contributed by atoms with Crippen molar-refractivity contribution in [2.45, 2.75) is 25.8 Å². The molecule has 2 heterocycles. The third-order valence-electron chi connectivity index (χ3n) is 4.36. The Hall–Kier alpha value is -2.90. The summed E-state index contributed by atoms with van der Waals surface area (Å²) in [6, 6.07) is 2.01. The maximum atomic E-state index is 14.1. The van der Waals surface area contributed by atoms with Gasteiger partial charge in [0.1, 0.15) is 16.7 Å². The predicted octanol–water partition coefficient (Wildman–Crippen LogP) is 3.48. The van der Waals surface area contributed by atoms with Gasteiger partial charge < -0.3 is 9.30 Å². The van der Waals surface area contributed by atoms with Gasteiger partial charge in [0.05, 0.1) is 12.0 Å². The smallest absolute Gasteiger partial charge is 0.343 e. The van der Waals surface area contributed by atoms with Gasteiger partial charge in [-0.1, -0.05) is 0 Å². The third kappa shape index (κ3) is 2.44. The maximum Gasteiger partial charge on any atom is 0.343 e. The summed E-state index contributed by atoms with van der Waals surface area (Å²) in [5, 5.41) is -0.0327. The zero-order valence-corrected chi connectivity index (χ0v) is 13.7. The highest BCUT2D eigenvalue weighted by Gasteiger charge is 2.28. The summed E-state index contributed by atoms with van der Waals surface area (Å²) in [5.41, 5.74) is -1.05. The van der Waals surface area contributed by atoms with Crippen molar-refractivity contribution in [2.24, 2.45) is 0 Å². The van der Waals surface area contributed by atoms with Crippen molar-refractivity contribution in [3.63, 3.8) is 0 Å². The highest BCUT2D eigenvalue weighted by Crippen LogP contribution is 2.37. The molecule has 1 fully saturated rings. The molecule has 0 radical (unpaired) electrons. The van der Waals surface area contributed by atoms with E-state index in [2.05, 4.69) is 4.98 Å². The number of nitrogens with zero attached hydrogens (tertiary/aromatic N) is 2. The van der Waals surface area contributed by atoms with Crippen molar-refractivity contribution >= 4 is 27.9 Å². The summed E-state index contributed by atoms with van der Waals surface area (Å²) in [5.74, 6) is -5.18. The molecule has 1 aliphatic carbocycles. The second-order valence-electron chi connectivity index (χ2n) is 6.15. The van der Waals surface area contributed by atoms with Crippen LogP contribution in [0.25, 0.3) is 21.9 Å². The summed E-state index contributed by atoms with van der Waals surface area (Å²) >= 11 is 0. The summed E-state index contributed by atoms with van der Waals surface area (Å²) in [7, 11) is 0. The van der Waals surface area contributed by atoms with Gasteiger partial charge in [-0.25, -0.2) is 22.9 Å². The average Bonchev–Trinajstić information content (AvgIpc) is 3.44. The lowest BCUT2D eigenvalue weighted by atomic mass is 10.1. The van der Waals surface area contributed by atoms with Gasteiger partial charge in [-0.2, -0.15) is 0 Å². The minimum atomic E-state index is -1.62. The minimum absolute atomic E-state index is 0.00424. The van der Waals surface area contributed by atoms with Crippen molar-refractivity contribution in [3.8, 4) is 0 Å². The fraction of sp³-hybridized carbons (Fsp3) is 0.278. The van der Waals surface area contributed by atoms with Gasteiger partial charge in [0.25, 0.3) is 0 Å². The molecule has 0 atom stereocenters. The van der Waals surface area contributed by atoms with Crippen LogP contribution < -0.4 is 5.43 Å². The Morgan fingerprint density at radius 1 is 1.27 bits per heavy atom. The summed E-state index contributed by atoms with van der Waals surface area (Å²) in [4.78, 5) is 28.9. The van der Waals surface area contributed by atoms with Crippen LogP contribution >= 0.6 is 0 Å². The van der Waals surface area contributed by atoms with Crippen molar-refractivity contribution in [2.75, 3.05) is 6.61 Å². The molecule has 0 N–H and O–H groups in total. The number of carbonyl (C=O) groups is 1. The van der Waals surface area contributed by atoms with Crippen molar-refractivity contribution in [1.29, 1.82) is 0 Å². The Kier molecular flexibility index (Phi) is 3.71.